The van der Waals surface area contributed by atoms with Gasteiger partial charge in [-0.15, -0.1) is 0 Å². The Morgan fingerprint density at radius 1 is 1.06 bits per heavy atom. The summed E-state index contributed by atoms with van der Waals surface area (Å²) in [7, 11) is 0. The van der Waals surface area contributed by atoms with Gasteiger partial charge in [-0.05, 0) is 41.7 Å². The summed E-state index contributed by atoms with van der Waals surface area (Å²) in [5.74, 6) is 0.327. The zero-order valence-corrected chi connectivity index (χ0v) is 10.4. The van der Waals surface area contributed by atoms with Crippen molar-refractivity contribution >= 4 is 5.69 Å². The van der Waals surface area contributed by atoms with Crippen LogP contribution in [0.4, 0.5) is 10.1 Å². The zero-order chi connectivity index (χ0) is 12.5. The predicted octanol–water partition coefficient (Wildman–Crippen LogP) is 4.17. The fourth-order valence-electron chi connectivity index (χ4n) is 2.70. The van der Waals surface area contributed by atoms with Gasteiger partial charge < -0.3 is 5.32 Å². The van der Waals surface area contributed by atoms with Crippen LogP contribution >= 0.6 is 0 Å². The van der Waals surface area contributed by atoms with E-state index in [1.807, 2.05) is 18.2 Å². The maximum absolute atomic E-state index is 13.0. The molecule has 18 heavy (non-hydrogen) atoms. The average Bonchev–Trinajstić information content (AvgIpc) is 2.39. The van der Waals surface area contributed by atoms with Crippen LogP contribution in [-0.2, 0) is 6.42 Å². The second-order valence-electron chi connectivity index (χ2n) is 5.01. The largest absolute Gasteiger partial charge is 0.378 e. The molecule has 0 aliphatic carbocycles. The molecule has 0 spiro atoms. The van der Waals surface area contributed by atoms with Crippen LogP contribution in [0, 0.1) is 11.7 Å². The van der Waals surface area contributed by atoms with Crippen LogP contribution in [0.15, 0.2) is 48.5 Å². The van der Waals surface area contributed by atoms with Gasteiger partial charge in [0.1, 0.15) is 5.82 Å². The number of hydrogen-bond acceptors (Lipinski definition) is 1. The summed E-state index contributed by atoms with van der Waals surface area (Å²) >= 11 is 0. The van der Waals surface area contributed by atoms with Gasteiger partial charge in [0.05, 0.1) is 6.04 Å². The normalized spacial score (nSPS) is 22.1. The minimum Gasteiger partial charge on any atom is -0.378 e. The Hall–Kier alpha value is -1.83. The molecule has 2 atom stereocenters. The third-order valence-electron chi connectivity index (χ3n) is 3.67. The van der Waals surface area contributed by atoms with Gasteiger partial charge in [-0.1, -0.05) is 37.3 Å². The summed E-state index contributed by atoms with van der Waals surface area (Å²) in [5, 5.41) is 3.56. The van der Waals surface area contributed by atoms with Gasteiger partial charge in [-0.2, -0.15) is 0 Å². The highest BCUT2D eigenvalue weighted by Gasteiger charge is 2.25. The molecule has 3 rings (SSSR count). The number of benzene rings is 2. The Balaban J connectivity index is 1.93. The van der Waals surface area contributed by atoms with Crippen LogP contribution in [0.2, 0.25) is 0 Å². The van der Waals surface area contributed by atoms with Gasteiger partial charge in [0.25, 0.3) is 0 Å². The Kier molecular flexibility index (Phi) is 2.78. The lowest BCUT2D eigenvalue weighted by Gasteiger charge is -2.33. The van der Waals surface area contributed by atoms with Gasteiger partial charge in [0.2, 0.25) is 0 Å². The molecule has 2 aromatic rings. The summed E-state index contributed by atoms with van der Waals surface area (Å²) in [6.45, 7) is 2.23. The molecule has 0 radical (unpaired) electrons. The number of nitrogens with one attached hydrogen (secondary N) is 1. The van der Waals surface area contributed by atoms with Gasteiger partial charge in [-0.25, -0.2) is 4.39 Å². The first kappa shape index (κ1) is 11.3. The van der Waals surface area contributed by atoms with Gasteiger partial charge >= 0.3 is 0 Å². The van der Waals surface area contributed by atoms with E-state index in [1.165, 1.54) is 23.4 Å². The summed E-state index contributed by atoms with van der Waals surface area (Å²) in [4.78, 5) is 0. The number of rotatable bonds is 1. The lowest BCUT2D eigenvalue weighted by atomic mass is 9.85. The van der Waals surface area contributed by atoms with E-state index in [-0.39, 0.29) is 11.9 Å². The molecule has 0 fully saturated rings. The minimum absolute atomic E-state index is 0.178. The molecule has 0 amide bonds. The molecule has 1 heterocycles. The van der Waals surface area contributed by atoms with Crippen molar-refractivity contribution < 1.29 is 4.39 Å². The van der Waals surface area contributed by atoms with Crippen LogP contribution in [0.25, 0.3) is 0 Å². The third-order valence-corrected chi connectivity index (χ3v) is 3.67. The highest BCUT2D eigenvalue weighted by Crippen LogP contribution is 2.36. The van der Waals surface area contributed by atoms with Crippen molar-refractivity contribution in [2.75, 3.05) is 5.32 Å². The van der Waals surface area contributed by atoms with Gasteiger partial charge in [0.15, 0.2) is 0 Å². The molecular formula is C16H16FN. The summed E-state index contributed by atoms with van der Waals surface area (Å²) in [6, 6.07) is 15.5. The Morgan fingerprint density at radius 2 is 1.78 bits per heavy atom. The van der Waals surface area contributed by atoms with Crippen molar-refractivity contribution in [2.24, 2.45) is 5.92 Å². The van der Waals surface area contributed by atoms with Crippen LogP contribution < -0.4 is 5.32 Å². The summed E-state index contributed by atoms with van der Waals surface area (Å²) < 4.78 is 13.0. The molecular weight excluding hydrogens is 225 g/mol. The number of fused-ring (bicyclic) bond motifs is 1. The van der Waals surface area contributed by atoms with E-state index in [9.17, 15) is 4.39 Å². The first-order valence-corrected chi connectivity index (χ1v) is 6.34. The number of para-hydroxylation sites is 1. The van der Waals surface area contributed by atoms with E-state index in [0.29, 0.717) is 5.92 Å². The fraction of sp³-hybridized carbons (Fsp3) is 0.250. The van der Waals surface area contributed by atoms with Crippen LogP contribution in [-0.4, -0.2) is 0 Å². The first-order chi connectivity index (χ1) is 8.74. The smallest absolute Gasteiger partial charge is 0.123 e. The first-order valence-electron chi connectivity index (χ1n) is 6.34. The molecule has 0 saturated carbocycles. The quantitative estimate of drug-likeness (QED) is 0.790. The van der Waals surface area contributed by atoms with Gasteiger partial charge in [-0.3, -0.25) is 0 Å². The molecule has 0 saturated heterocycles. The second kappa shape index (κ2) is 4.45. The topological polar surface area (TPSA) is 12.0 Å². The van der Waals surface area contributed by atoms with E-state index in [0.717, 1.165) is 12.0 Å². The SMILES string of the molecule is CC1Cc2ccccc2NC1c1ccc(F)cc1. The second-order valence-corrected chi connectivity index (χ2v) is 5.01. The standard InChI is InChI=1S/C16H16FN/c1-11-10-13-4-2-3-5-15(13)18-16(11)12-6-8-14(17)9-7-12/h2-9,11,16,18H,10H2,1H3. The van der Waals surface area contributed by atoms with E-state index >= 15 is 0 Å². The molecule has 2 heteroatoms. The van der Waals surface area contributed by atoms with Crippen molar-refractivity contribution in [1.82, 2.24) is 0 Å². The van der Waals surface area contributed by atoms with Crippen molar-refractivity contribution in [2.45, 2.75) is 19.4 Å². The maximum Gasteiger partial charge on any atom is 0.123 e. The molecule has 1 N–H and O–H groups in total. The summed E-state index contributed by atoms with van der Waals surface area (Å²) in [5.41, 5.74) is 3.71. The number of halogens is 1. The maximum atomic E-state index is 13.0. The highest BCUT2D eigenvalue weighted by molar-refractivity contribution is 5.55. The minimum atomic E-state index is -0.178. The van der Waals surface area contributed by atoms with Crippen LogP contribution in [0.1, 0.15) is 24.1 Å². The Morgan fingerprint density at radius 3 is 2.56 bits per heavy atom. The van der Waals surface area contributed by atoms with Gasteiger partial charge in [0, 0.05) is 5.69 Å². The fourth-order valence-corrected chi connectivity index (χ4v) is 2.70. The van der Waals surface area contributed by atoms with Crippen molar-refractivity contribution in [3.63, 3.8) is 0 Å². The zero-order valence-electron chi connectivity index (χ0n) is 10.4. The molecule has 92 valence electrons. The van der Waals surface area contributed by atoms with E-state index in [2.05, 4.69) is 30.4 Å². The summed E-state index contributed by atoms with van der Waals surface area (Å²) in [6.07, 6.45) is 1.06. The van der Waals surface area contributed by atoms with E-state index in [1.54, 1.807) is 0 Å². The molecule has 1 aliphatic heterocycles. The highest BCUT2D eigenvalue weighted by atomic mass is 19.1. The molecule has 0 bridgehead atoms. The van der Waals surface area contributed by atoms with Crippen molar-refractivity contribution in [3.05, 3.63) is 65.5 Å². The molecule has 1 aliphatic rings. The lowest BCUT2D eigenvalue weighted by Crippen LogP contribution is -2.25. The monoisotopic (exact) mass is 241 g/mol. The van der Waals surface area contributed by atoms with Crippen molar-refractivity contribution in [1.29, 1.82) is 0 Å². The van der Waals surface area contributed by atoms with Crippen LogP contribution in [0.5, 0.6) is 0 Å². The van der Waals surface area contributed by atoms with E-state index in [4.69, 9.17) is 0 Å². The Labute approximate surface area is 107 Å². The lowest BCUT2D eigenvalue weighted by molar-refractivity contribution is 0.478. The average molecular weight is 241 g/mol. The molecule has 0 aromatic heterocycles. The van der Waals surface area contributed by atoms with E-state index < -0.39 is 0 Å². The third kappa shape index (κ3) is 1.99. The molecule has 1 nitrogen and oxygen atoms in total. The molecule has 2 unspecified atom stereocenters. The number of anilines is 1. The van der Waals surface area contributed by atoms with Crippen molar-refractivity contribution in [3.8, 4) is 0 Å². The van der Waals surface area contributed by atoms with Crippen LogP contribution in [0.3, 0.4) is 0 Å². The molecule has 2 aromatic carbocycles. The Bertz CT molecular complexity index is 547. The number of hydrogen-bond donors (Lipinski definition) is 1. The predicted molar refractivity (Wildman–Crippen MR) is 72.1 cm³/mol.